The van der Waals surface area contributed by atoms with Gasteiger partial charge in [-0.3, -0.25) is 4.79 Å². The summed E-state index contributed by atoms with van der Waals surface area (Å²) in [5.74, 6) is -0.504. The second-order valence-corrected chi connectivity index (χ2v) is 4.13. The predicted molar refractivity (Wildman–Crippen MR) is 65.0 cm³/mol. The van der Waals surface area contributed by atoms with Crippen LogP contribution in [0.2, 0.25) is 5.02 Å². The minimum Gasteiger partial charge on any atom is -0.368 e. The quantitative estimate of drug-likeness (QED) is 0.713. The van der Waals surface area contributed by atoms with Gasteiger partial charge in [0.15, 0.2) is 0 Å². The van der Waals surface area contributed by atoms with Crippen LogP contribution in [0.3, 0.4) is 0 Å². The van der Waals surface area contributed by atoms with Crippen LogP contribution < -0.4 is 16.8 Å². The van der Waals surface area contributed by atoms with Crippen molar-refractivity contribution in [1.29, 1.82) is 0 Å². The first-order valence-electron chi connectivity index (χ1n) is 5.04. The van der Waals surface area contributed by atoms with Crippen LogP contribution in [0.15, 0.2) is 24.3 Å². The van der Waals surface area contributed by atoms with Gasteiger partial charge in [-0.1, -0.05) is 23.7 Å². The van der Waals surface area contributed by atoms with Crippen molar-refractivity contribution in [3.8, 4) is 0 Å². The fourth-order valence-electron chi connectivity index (χ4n) is 1.27. The Morgan fingerprint density at radius 3 is 2.50 bits per heavy atom. The Balaban J connectivity index is 2.49. The first-order chi connectivity index (χ1) is 7.50. The van der Waals surface area contributed by atoms with E-state index in [2.05, 4.69) is 5.32 Å². The number of primary amides is 1. The number of benzene rings is 1. The largest absolute Gasteiger partial charge is 0.368 e. The molecular formula is C11H16ClN3O. The molecule has 0 saturated heterocycles. The van der Waals surface area contributed by atoms with Gasteiger partial charge in [-0.15, -0.1) is 0 Å². The summed E-state index contributed by atoms with van der Waals surface area (Å²) >= 11 is 5.78. The fourth-order valence-corrected chi connectivity index (χ4v) is 1.40. The summed E-state index contributed by atoms with van der Waals surface area (Å²) in [5.41, 5.74) is 11.7. The van der Waals surface area contributed by atoms with E-state index in [9.17, 15) is 4.79 Å². The maximum absolute atomic E-state index is 10.7. The van der Waals surface area contributed by atoms with Gasteiger partial charge in [0.2, 0.25) is 5.91 Å². The summed E-state index contributed by atoms with van der Waals surface area (Å²) in [6.45, 7) is 2.34. The molecule has 1 unspecified atom stereocenters. The van der Waals surface area contributed by atoms with Gasteiger partial charge in [0.05, 0.1) is 6.04 Å². The second kappa shape index (κ2) is 5.84. The third-order valence-corrected chi connectivity index (χ3v) is 2.63. The summed E-state index contributed by atoms with van der Waals surface area (Å²) in [4.78, 5) is 10.7. The van der Waals surface area contributed by atoms with E-state index in [4.69, 9.17) is 23.1 Å². The highest BCUT2D eigenvalue weighted by Gasteiger charge is 2.11. The minimum absolute atomic E-state index is 0.0997. The van der Waals surface area contributed by atoms with Gasteiger partial charge in [0.1, 0.15) is 0 Å². The van der Waals surface area contributed by atoms with Crippen molar-refractivity contribution in [1.82, 2.24) is 5.32 Å². The molecule has 0 bridgehead atoms. The van der Waals surface area contributed by atoms with E-state index < -0.39 is 11.9 Å². The average Bonchev–Trinajstić information content (AvgIpc) is 2.26. The normalized spacial score (nSPS) is 14.4. The zero-order chi connectivity index (χ0) is 12.1. The fraction of sp³-hybridized carbons (Fsp3) is 0.364. The Hall–Kier alpha value is -1.10. The first kappa shape index (κ1) is 13.0. The maximum atomic E-state index is 10.7. The van der Waals surface area contributed by atoms with Crippen LogP contribution in [0.25, 0.3) is 0 Å². The van der Waals surface area contributed by atoms with Gasteiger partial charge >= 0.3 is 0 Å². The van der Waals surface area contributed by atoms with Crippen LogP contribution in [0.5, 0.6) is 0 Å². The number of nitrogens with two attached hydrogens (primary N) is 2. The molecule has 1 aromatic carbocycles. The number of carbonyl (C=O) groups is 1. The Morgan fingerprint density at radius 2 is 2.00 bits per heavy atom. The van der Waals surface area contributed by atoms with Crippen molar-refractivity contribution >= 4 is 17.5 Å². The SMILES string of the molecule is C[C@H](NCC(N)C(N)=O)c1ccc(Cl)cc1. The van der Waals surface area contributed by atoms with Crippen LogP contribution in [0, 0.1) is 0 Å². The van der Waals surface area contributed by atoms with E-state index in [1.54, 1.807) is 0 Å². The van der Waals surface area contributed by atoms with Gasteiger partial charge in [-0.2, -0.15) is 0 Å². The minimum atomic E-state index is -0.658. The lowest BCUT2D eigenvalue weighted by Crippen LogP contribution is -2.44. The molecule has 5 N–H and O–H groups in total. The van der Waals surface area contributed by atoms with Crippen molar-refractivity contribution in [2.24, 2.45) is 11.5 Å². The lowest BCUT2D eigenvalue weighted by molar-refractivity contribution is -0.119. The number of amides is 1. The molecule has 0 saturated carbocycles. The summed E-state index contributed by atoms with van der Waals surface area (Å²) in [5, 5.41) is 3.83. The molecule has 0 spiro atoms. The molecule has 1 amide bonds. The number of nitrogens with one attached hydrogen (secondary N) is 1. The van der Waals surface area contributed by atoms with Crippen LogP contribution in [-0.2, 0) is 4.79 Å². The Kier molecular flexibility index (Phi) is 4.73. The molecule has 2 atom stereocenters. The molecule has 1 aromatic rings. The molecule has 0 radical (unpaired) electrons. The summed E-state index contributed by atoms with van der Waals surface area (Å²) in [6, 6.07) is 6.94. The van der Waals surface area contributed by atoms with Gasteiger partial charge in [0, 0.05) is 17.6 Å². The zero-order valence-corrected chi connectivity index (χ0v) is 9.87. The number of halogens is 1. The molecule has 4 nitrogen and oxygen atoms in total. The van der Waals surface area contributed by atoms with E-state index in [-0.39, 0.29) is 6.04 Å². The van der Waals surface area contributed by atoms with E-state index in [1.165, 1.54) is 0 Å². The van der Waals surface area contributed by atoms with Gasteiger partial charge in [-0.25, -0.2) is 0 Å². The lowest BCUT2D eigenvalue weighted by atomic mass is 10.1. The molecule has 5 heteroatoms. The van der Waals surface area contributed by atoms with Crippen molar-refractivity contribution in [3.05, 3.63) is 34.9 Å². The lowest BCUT2D eigenvalue weighted by Gasteiger charge is -2.16. The molecule has 16 heavy (non-hydrogen) atoms. The van der Waals surface area contributed by atoms with E-state index >= 15 is 0 Å². The smallest absolute Gasteiger partial charge is 0.235 e. The topological polar surface area (TPSA) is 81.1 Å². The number of rotatable bonds is 5. The van der Waals surface area contributed by atoms with E-state index in [0.29, 0.717) is 11.6 Å². The molecule has 88 valence electrons. The summed E-state index contributed by atoms with van der Waals surface area (Å²) in [6.07, 6.45) is 0. The molecule has 0 aliphatic rings. The van der Waals surface area contributed by atoms with Crippen molar-refractivity contribution in [2.45, 2.75) is 19.0 Å². The van der Waals surface area contributed by atoms with Crippen LogP contribution in [0.4, 0.5) is 0 Å². The monoisotopic (exact) mass is 241 g/mol. The molecule has 0 aliphatic heterocycles. The molecule has 0 aliphatic carbocycles. The average molecular weight is 242 g/mol. The first-order valence-corrected chi connectivity index (χ1v) is 5.42. The molecule has 0 fully saturated rings. The zero-order valence-electron chi connectivity index (χ0n) is 9.11. The third-order valence-electron chi connectivity index (χ3n) is 2.38. The van der Waals surface area contributed by atoms with Crippen molar-refractivity contribution in [3.63, 3.8) is 0 Å². The van der Waals surface area contributed by atoms with Gasteiger partial charge in [0.25, 0.3) is 0 Å². The highest BCUT2D eigenvalue weighted by Crippen LogP contribution is 2.15. The Bertz CT molecular complexity index is 353. The Labute approximate surface area is 100.0 Å². The second-order valence-electron chi connectivity index (χ2n) is 3.69. The van der Waals surface area contributed by atoms with Crippen molar-refractivity contribution in [2.75, 3.05) is 6.54 Å². The van der Waals surface area contributed by atoms with Gasteiger partial charge < -0.3 is 16.8 Å². The highest BCUT2D eigenvalue weighted by atomic mass is 35.5. The standard InChI is InChI=1S/C11H16ClN3O/c1-7(15-6-10(13)11(14)16)8-2-4-9(12)5-3-8/h2-5,7,10,15H,6,13H2,1H3,(H2,14,16)/t7-,10?/m0/s1. The predicted octanol–water partition coefficient (Wildman–Crippen LogP) is 0.803. The van der Waals surface area contributed by atoms with Crippen LogP contribution in [0.1, 0.15) is 18.5 Å². The summed E-state index contributed by atoms with van der Waals surface area (Å²) < 4.78 is 0. The number of hydrogen-bond acceptors (Lipinski definition) is 3. The van der Waals surface area contributed by atoms with E-state index in [1.807, 2.05) is 31.2 Å². The molecular weight excluding hydrogens is 226 g/mol. The van der Waals surface area contributed by atoms with E-state index in [0.717, 1.165) is 5.56 Å². The molecule has 0 heterocycles. The van der Waals surface area contributed by atoms with Crippen molar-refractivity contribution < 1.29 is 4.79 Å². The Morgan fingerprint density at radius 1 is 1.44 bits per heavy atom. The highest BCUT2D eigenvalue weighted by molar-refractivity contribution is 6.30. The number of carbonyl (C=O) groups excluding carboxylic acids is 1. The van der Waals surface area contributed by atoms with Crippen LogP contribution >= 0.6 is 11.6 Å². The molecule has 0 aromatic heterocycles. The third kappa shape index (κ3) is 3.81. The maximum Gasteiger partial charge on any atom is 0.235 e. The van der Waals surface area contributed by atoms with Gasteiger partial charge in [-0.05, 0) is 24.6 Å². The van der Waals surface area contributed by atoms with Crippen LogP contribution in [-0.4, -0.2) is 18.5 Å². The summed E-state index contributed by atoms with van der Waals surface area (Å²) in [7, 11) is 0. The number of hydrogen-bond donors (Lipinski definition) is 3. The molecule has 1 rings (SSSR count).